The standard InChI is InChI=1S/C36H37ClF5N7O3S2/c1-15(2)27(44)34(50)51-13-17-9-21(31(41)42)48(3)33-24-28(46-35(47-33)52-14-36-7-4-8-49(36)12-16(38)10-36)26(40)23(25(37)30(24)53-17)18-5-6-20(39)29-22(18)19(11-43)32(45)54-29/h5-6,15-17,21,27,31H,4,7-10,12-14,44-45H2,1-3H3/t16-,17?,21?,27?,36+/m1/s1. The van der Waals surface area contributed by atoms with Gasteiger partial charge in [0.1, 0.15) is 53.6 Å². The normalized spacial score (nSPS) is 23.5. The van der Waals surface area contributed by atoms with Crippen LogP contribution in [0.4, 0.5) is 32.8 Å². The van der Waals surface area contributed by atoms with Crippen LogP contribution in [0.3, 0.4) is 0 Å². The van der Waals surface area contributed by atoms with Crippen LogP contribution in [0.25, 0.3) is 32.1 Å². The van der Waals surface area contributed by atoms with Gasteiger partial charge in [-0.15, -0.1) is 23.1 Å². The molecule has 54 heavy (non-hydrogen) atoms. The van der Waals surface area contributed by atoms with Gasteiger partial charge >= 0.3 is 12.0 Å². The lowest BCUT2D eigenvalue weighted by molar-refractivity contribution is -0.146. The van der Waals surface area contributed by atoms with E-state index in [0.29, 0.717) is 13.0 Å². The summed E-state index contributed by atoms with van der Waals surface area (Å²) in [5.74, 6) is -2.75. The number of benzene rings is 2. The number of rotatable bonds is 9. The maximum atomic E-state index is 17.4. The number of hydrogen-bond acceptors (Lipinski definition) is 12. The smallest absolute Gasteiger partial charge is 0.323 e. The van der Waals surface area contributed by atoms with Gasteiger partial charge in [-0.3, -0.25) is 9.69 Å². The van der Waals surface area contributed by atoms with Gasteiger partial charge in [0.25, 0.3) is 6.43 Å². The molecule has 7 rings (SSSR count). The van der Waals surface area contributed by atoms with Crippen LogP contribution in [0.15, 0.2) is 17.0 Å². The Kier molecular flexibility index (Phi) is 10.5. The highest BCUT2D eigenvalue weighted by molar-refractivity contribution is 8.00. The predicted molar refractivity (Wildman–Crippen MR) is 199 cm³/mol. The van der Waals surface area contributed by atoms with Crippen molar-refractivity contribution in [3.05, 3.63) is 34.4 Å². The molecular weight excluding hydrogens is 773 g/mol. The van der Waals surface area contributed by atoms with Crippen molar-refractivity contribution in [1.82, 2.24) is 14.9 Å². The topological polar surface area (TPSA) is 144 Å². The molecule has 0 aliphatic carbocycles. The summed E-state index contributed by atoms with van der Waals surface area (Å²) in [6.07, 6.45) is -2.48. The van der Waals surface area contributed by atoms with Crippen molar-refractivity contribution in [2.45, 2.75) is 79.9 Å². The van der Waals surface area contributed by atoms with Gasteiger partial charge in [-0.2, -0.15) is 15.2 Å². The van der Waals surface area contributed by atoms with Gasteiger partial charge in [0, 0.05) is 41.1 Å². The number of thioether (sulfide) groups is 1. The Balaban J connectivity index is 1.44. The molecule has 18 heteroatoms. The Morgan fingerprint density at radius 1 is 1.24 bits per heavy atom. The molecule has 2 aromatic carbocycles. The van der Waals surface area contributed by atoms with E-state index >= 15 is 8.78 Å². The van der Waals surface area contributed by atoms with Crippen LogP contribution in [0.5, 0.6) is 6.01 Å². The second kappa shape index (κ2) is 14.8. The molecule has 3 unspecified atom stereocenters. The second-order valence-electron chi connectivity index (χ2n) is 14.4. The van der Waals surface area contributed by atoms with E-state index in [2.05, 4.69) is 9.97 Å². The van der Waals surface area contributed by atoms with Crippen LogP contribution in [0.2, 0.25) is 5.02 Å². The number of nitrogens with two attached hydrogens (primary N) is 2. The molecule has 4 N–H and O–H groups in total. The fourth-order valence-corrected chi connectivity index (χ4v) is 10.4. The number of esters is 1. The second-order valence-corrected chi connectivity index (χ2v) is 17.1. The zero-order valence-electron chi connectivity index (χ0n) is 29.5. The molecule has 288 valence electrons. The van der Waals surface area contributed by atoms with E-state index in [1.807, 2.05) is 11.0 Å². The summed E-state index contributed by atoms with van der Waals surface area (Å²) < 4.78 is 88.6. The third kappa shape index (κ3) is 6.57. The summed E-state index contributed by atoms with van der Waals surface area (Å²) in [6, 6.07) is 1.61. The number of aromatic nitrogens is 2. The number of nitrogens with zero attached hydrogens (tertiary/aromatic N) is 5. The number of carbonyl (C=O) groups excluding carboxylic acids is 1. The van der Waals surface area contributed by atoms with Crippen molar-refractivity contribution in [1.29, 1.82) is 5.26 Å². The molecule has 10 nitrogen and oxygen atoms in total. The number of hydrogen-bond donors (Lipinski definition) is 2. The van der Waals surface area contributed by atoms with Gasteiger partial charge in [-0.1, -0.05) is 31.5 Å². The molecule has 2 fully saturated rings. The fraction of sp³-hybridized carbons (Fsp3) is 0.500. The summed E-state index contributed by atoms with van der Waals surface area (Å²) in [6.45, 7) is 4.07. The number of nitrogen functional groups attached to an aromatic ring is 1. The first-order valence-corrected chi connectivity index (χ1v) is 19.5. The van der Waals surface area contributed by atoms with Gasteiger partial charge in [0.05, 0.1) is 32.3 Å². The average Bonchev–Trinajstić information content (AvgIpc) is 3.78. The van der Waals surface area contributed by atoms with Gasteiger partial charge in [0.15, 0.2) is 5.82 Å². The van der Waals surface area contributed by atoms with Crippen molar-refractivity contribution in [3.63, 3.8) is 0 Å². The van der Waals surface area contributed by atoms with Crippen molar-refractivity contribution < 1.29 is 36.2 Å². The Morgan fingerprint density at radius 3 is 2.70 bits per heavy atom. The number of nitriles is 1. The van der Waals surface area contributed by atoms with E-state index < -0.39 is 53.1 Å². The molecule has 4 aromatic rings. The Hall–Kier alpha value is -3.69. The Morgan fingerprint density at radius 2 is 2.00 bits per heavy atom. The summed E-state index contributed by atoms with van der Waals surface area (Å²) in [7, 11) is 1.39. The maximum Gasteiger partial charge on any atom is 0.323 e. The number of carbonyl (C=O) groups is 1. The molecule has 0 radical (unpaired) electrons. The predicted octanol–water partition coefficient (Wildman–Crippen LogP) is 7.31. The quantitative estimate of drug-likeness (QED) is 0.130. The molecule has 0 bridgehead atoms. The number of alkyl halides is 3. The van der Waals surface area contributed by atoms with Crippen molar-refractivity contribution in [2.75, 3.05) is 44.0 Å². The molecule has 3 aliphatic heterocycles. The molecular formula is C36H37ClF5N7O3S2. The van der Waals surface area contributed by atoms with Crippen molar-refractivity contribution in [2.24, 2.45) is 11.7 Å². The third-order valence-electron chi connectivity index (χ3n) is 10.7. The highest BCUT2D eigenvalue weighted by atomic mass is 35.5. The monoisotopic (exact) mass is 809 g/mol. The van der Waals surface area contributed by atoms with Gasteiger partial charge in [0.2, 0.25) is 0 Å². The van der Waals surface area contributed by atoms with E-state index in [-0.39, 0.29) is 103 Å². The zero-order valence-corrected chi connectivity index (χ0v) is 31.9. The lowest BCUT2D eigenvalue weighted by Gasteiger charge is -2.35. The molecule has 2 aromatic heterocycles. The van der Waals surface area contributed by atoms with Crippen molar-refractivity contribution >= 4 is 72.5 Å². The maximum absolute atomic E-state index is 17.4. The minimum Gasteiger partial charge on any atom is -0.463 e. The molecule has 0 amide bonds. The summed E-state index contributed by atoms with van der Waals surface area (Å²) in [5, 5.41) is 9.03. The minimum atomic E-state index is -2.92. The van der Waals surface area contributed by atoms with Crippen LogP contribution in [-0.2, 0) is 9.53 Å². The minimum absolute atomic E-state index is 0.00398. The van der Waals surface area contributed by atoms with Crippen LogP contribution in [-0.4, -0.2) is 89.7 Å². The number of thiophene rings is 1. The van der Waals surface area contributed by atoms with Gasteiger partial charge in [-0.05, 0) is 43.4 Å². The third-order valence-corrected chi connectivity index (χ3v) is 13.5. The van der Waals surface area contributed by atoms with Crippen LogP contribution >= 0.6 is 34.7 Å². The van der Waals surface area contributed by atoms with Crippen molar-refractivity contribution in [3.8, 4) is 23.2 Å². The summed E-state index contributed by atoms with van der Waals surface area (Å²) in [4.78, 5) is 25.2. The largest absolute Gasteiger partial charge is 0.463 e. The SMILES string of the molecule is CC(C)C(N)C(=O)OCC1CC(C(F)F)N(C)c2nc(OC[C@@]34CCCN3C[C@H](F)C4)nc3c(F)c(-c4ccc(F)c5sc(N)c(C#N)c45)c(Cl)c(c23)S1. The highest BCUT2D eigenvalue weighted by Gasteiger charge is 2.49. The first kappa shape index (κ1) is 38.6. The van der Waals surface area contributed by atoms with E-state index in [4.69, 9.17) is 32.5 Å². The first-order chi connectivity index (χ1) is 25.6. The van der Waals surface area contributed by atoms with E-state index in [9.17, 15) is 23.2 Å². The van der Waals surface area contributed by atoms with Crippen LogP contribution in [0, 0.1) is 28.9 Å². The summed E-state index contributed by atoms with van der Waals surface area (Å²) in [5.41, 5.74) is 10.9. The molecule has 0 spiro atoms. The van der Waals surface area contributed by atoms with Crippen LogP contribution in [0.1, 0.15) is 45.1 Å². The molecule has 5 heterocycles. The first-order valence-electron chi connectivity index (χ1n) is 17.4. The van der Waals surface area contributed by atoms with E-state index in [0.717, 1.165) is 35.6 Å². The highest BCUT2D eigenvalue weighted by Crippen LogP contribution is 2.52. The molecule has 2 saturated heterocycles. The summed E-state index contributed by atoms with van der Waals surface area (Å²) >= 11 is 8.95. The lowest BCUT2D eigenvalue weighted by Crippen LogP contribution is -2.44. The zero-order chi connectivity index (χ0) is 38.8. The molecule has 5 atom stereocenters. The number of anilines is 2. The Labute approximate surface area is 320 Å². The number of halogens is 6. The lowest BCUT2D eigenvalue weighted by atomic mass is 9.95. The molecule has 3 aliphatic rings. The Bertz CT molecular complexity index is 2190. The average molecular weight is 810 g/mol. The number of fused-ring (bicyclic) bond motifs is 2. The number of ether oxygens (including phenoxy) is 2. The van der Waals surface area contributed by atoms with Gasteiger partial charge < -0.3 is 25.8 Å². The fourth-order valence-electron chi connectivity index (χ4n) is 7.77. The van der Waals surface area contributed by atoms with Crippen LogP contribution < -0.4 is 21.1 Å². The van der Waals surface area contributed by atoms with E-state index in [1.165, 1.54) is 18.0 Å². The van der Waals surface area contributed by atoms with E-state index in [1.54, 1.807) is 13.8 Å². The molecule has 0 saturated carbocycles. The van der Waals surface area contributed by atoms with Gasteiger partial charge in [-0.25, -0.2) is 22.0 Å².